The van der Waals surface area contributed by atoms with Crippen molar-refractivity contribution in [1.29, 1.82) is 0 Å². The second-order valence-electron chi connectivity index (χ2n) is 9.40. The number of piperidine rings is 1. The van der Waals surface area contributed by atoms with E-state index in [4.69, 9.17) is 11.6 Å². The number of thioether (sulfide) groups is 1. The van der Waals surface area contributed by atoms with Crippen LogP contribution in [0.3, 0.4) is 0 Å². The lowest BCUT2D eigenvalue weighted by atomic mass is 9.82. The number of fused-ring (bicyclic) bond motifs is 1. The first-order valence-corrected chi connectivity index (χ1v) is 12.3. The zero-order valence-corrected chi connectivity index (χ0v) is 19.6. The van der Waals surface area contributed by atoms with Crippen LogP contribution in [0.2, 0.25) is 5.02 Å². The minimum atomic E-state index is 0.0399. The lowest BCUT2D eigenvalue weighted by Crippen LogP contribution is -2.53. The van der Waals surface area contributed by atoms with E-state index in [2.05, 4.69) is 18.7 Å². The molecule has 1 aromatic rings. The third-order valence-electron chi connectivity index (χ3n) is 6.74. The van der Waals surface area contributed by atoms with Crippen molar-refractivity contribution in [1.82, 2.24) is 9.80 Å². The van der Waals surface area contributed by atoms with Gasteiger partial charge in [0.15, 0.2) is 0 Å². The summed E-state index contributed by atoms with van der Waals surface area (Å²) in [5.74, 6) is 1.54. The minimum absolute atomic E-state index is 0.0399. The summed E-state index contributed by atoms with van der Waals surface area (Å²) in [5.41, 5.74) is 0.947. The summed E-state index contributed by atoms with van der Waals surface area (Å²) in [5, 5.41) is 1.02. The molecular formula is C24H31ClN2O2S. The zero-order chi connectivity index (χ0) is 21.4. The zero-order valence-electron chi connectivity index (χ0n) is 18.0. The number of hydrogen-bond donors (Lipinski definition) is 0. The first-order chi connectivity index (χ1) is 14.3. The highest BCUT2D eigenvalue weighted by atomic mass is 35.5. The minimum Gasteiger partial charge on any atom is -0.342 e. The number of rotatable bonds is 2. The van der Waals surface area contributed by atoms with E-state index in [1.165, 1.54) is 6.42 Å². The van der Waals surface area contributed by atoms with Crippen LogP contribution < -0.4 is 0 Å². The maximum atomic E-state index is 13.2. The van der Waals surface area contributed by atoms with Gasteiger partial charge in [0.1, 0.15) is 0 Å². The summed E-state index contributed by atoms with van der Waals surface area (Å²) in [6.07, 6.45) is 5.81. The molecule has 0 spiro atoms. The van der Waals surface area contributed by atoms with E-state index in [0.29, 0.717) is 28.0 Å². The summed E-state index contributed by atoms with van der Waals surface area (Å²) < 4.78 is 0. The quantitative estimate of drug-likeness (QED) is 0.605. The van der Waals surface area contributed by atoms with Gasteiger partial charge in [-0.05, 0) is 61.3 Å². The molecule has 5 unspecified atom stereocenters. The monoisotopic (exact) mass is 446 g/mol. The molecule has 0 bridgehead atoms. The van der Waals surface area contributed by atoms with E-state index in [9.17, 15) is 9.59 Å². The number of carbonyl (C=O) groups excluding carboxylic acids is 2. The van der Waals surface area contributed by atoms with Gasteiger partial charge in [0.05, 0.1) is 4.91 Å². The summed E-state index contributed by atoms with van der Waals surface area (Å²) >= 11 is 7.78. The van der Waals surface area contributed by atoms with Gasteiger partial charge >= 0.3 is 0 Å². The first kappa shape index (κ1) is 21.8. The molecule has 162 valence electrons. The maximum Gasteiger partial charge on any atom is 0.260 e. The molecular weight excluding hydrogens is 416 g/mol. The molecule has 4 rings (SSSR count). The highest BCUT2D eigenvalue weighted by molar-refractivity contribution is 8.04. The third kappa shape index (κ3) is 4.57. The Bertz CT molecular complexity index is 847. The van der Waals surface area contributed by atoms with E-state index in [1.54, 1.807) is 11.8 Å². The number of likely N-dealkylation sites (N-methyl/N-ethyl adjacent to an activating group) is 1. The van der Waals surface area contributed by atoms with Crippen molar-refractivity contribution in [2.45, 2.75) is 50.8 Å². The van der Waals surface area contributed by atoms with E-state index in [1.807, 2.05) is 42.3 Å². The van der Waals surface area contributed by atoms with E-state index in [0.717, 1.165) is 42.8 Å². The molecule has 2 saturated heterocycles. The fourth-order valence-corrected chi connectivity index (χ4v) is 7.05. The topological polar surface area (TPSA) is 40.6 Å². The van der Waals surface area contributed by atoms with Crippen molar-refractivity contribution < 1.29 is 9.59 Å². The van der Waals surface area contributed by atoms with E-state index >= 15 is 0 Å². The molecule has 3 aliphatic rings. The number of nitrogens with zero attached hydrogens (tertiary/aromatic N) is 2. The molecule has 0 N–H and O–H groups in total. The summed E-state index contributed by atoms with van der Waals surface area (Å²) in [7, 11) is 1.89. The fourth-order valence-electron chi connectivity index (χ4n) is 5.37. The summed E-state index contributed by atoms with van der Waals surface area (Å²) in [6.45, 7) is 6.24. The molecule has 2 aliphatic heterocycles. The number of benzene rings is 1. The third-order valence-corrected chi connectivity index (χ3v) is 8.37. The predicted octanol–water partition coefficient (Wildman–Crippen LogP) is 4.93. The molecule has 1 aromatic carbocycles. The SMILES string of the molecule is CC1CC(C)CN(C(=O)C2CCC3S/C(=C\c4cccc(Cl)c4)C(=O)N(C)C3C2)C1. The van der Waals surface area contributed by atoms with Crippen LogP contribution >= 0.6 is 23.4 Å². The van der Waals surface area contributed by atoms with Crippen molar-refractivity contribution in [3.63, 3.8) is 0 Å². The Kier molecular flexibility index (Phi) is 6.50. The molecule has 5 atom stereocenters. The normalized spacial score (nSPS) is 33.5. The Labute approximate surface area is 189 Å². The molecule has 2 amide bonds. The van der Waals surface area contributed by atoms with Crippen molar-refractivity contribution in [2.75, 3.05) is 20.1 Å². The van der Waals surface area contributed by atoms with Crippen LogP contribution in [0, 0.1) is 17.8 Å². The standard InChI is InChI=1S/C24H31ClN2O2S/c1-15-9-16(2)14-27(13-15)23(28)18-7-8-21-20(12-18)26(3)24(29)22(30-21)11-17-5-4-6-19(25)10-17/h4-6,10-11,15-16,18,20-21H,7-9,12-14H2,1-3H3/b22-11-. The van der Waals surface area contributed by atoms with Gasteiger partial charge in [0, 0.05) is 42.4 Å². The van der Waals surface area contributed by atoms with Gasteiger partial charge in [-0.2, -0.15) is 0 Å². The first-order valence-electron chi connectivity index (χ1n) is 11.0. The molecule has 6 heteroatoms. The van der Waals surface area contributed by atoms with Crippen LogP contribution in [0.4, 0.5) is 0 Å². The van der Waals surface area contributed by atoms with Crippen molar-refractivity contribution >= 4 is 41.3 Å². The lowest BCUT2D eigenvalue weighted by molar-refractivity contribution is -0.141. The van der Waals surface area contributed by atoms with Gasteiger partial charge in [0.2, 0.25) is 5.91 Å². The Morgan fingerprint density at radius 3 is 2.60 bits per heavy atom. The Balaban J connectivity index is 1.45. The fraction of sp³-hybridized carbons (Fsp3) is 0.583. The molecule has 3 fully saturated rings. The largest absolute Gasteiger partial charge is 0.342 e. The highest BCUT2D eigenvalue weighted by Gasteiger charge is 2.44. The van der Waals surface area contributed by atoms with E-state index in [-0.39, 0.29) is 17.9 Å². The Hall–Kier alpha value is -1.46. The number of carbonyl (C=O) groups is 2. The molecule has 2 heterocycles. The van der Waals surface area contributed by atoms with Crippen LogP contribution in [-0.2, 0) is 9.59 Å². The van der Waals surface area contributed by atoms with Crippen LogP contribution in [0.25, 0.3) is 6.08 Å². The molecule has 4 nitrogen and oxygen atoms in total. The molecule has 0 aromatic heterocycles. The number of halogens is 1. The van der Waals surface area contributed by atoms with Gasteiger partial charge in [-0.1, -0.05) is 37.6 Å². The molecule has 0 radical (unpaired) electrons. The molecule has 30 heavy (non-hydrogen) atoms. The van der Waals surface area contributed by atoms with Gasteiger partial charge in [0.25, 0.3) is 5.91 Å². The Morgan fingerprint density at radius 1 is 1.17 bits per heavy atom. The average Bonchev–Trinajstić information content (AvgIpc) is 2.70. The second-order valence-corrected chi connectivity index (χ2v) is 11.1. The van der Waals surface area contributed by atoms with Crippen LogP contribution in [-0.4, -0.2) is 53.0 Å². The lowest BCUT2D eigenvalue weighted by Gasteiger charge is -2.45. The van der Waals surface area contributed by atoms with Gasteiger partial charge < -0.3 is 9.80 Å². The smallest absolute Gasteiger partial charge is 0.260 e. The second kappa shape index (κ2) is 8.96. The van der Waals surface area contributed by atoms with Crippen molar-refractivity contribution in [3.05, 3.63) is 39.8 Å². The van der Waals surface area contributed by atoms with E-state index < -0.39 is 0 Å². The van der Waals surface area contributed by atoms with Crippen molar-refractivity contribution in [3.8, 4) is 0 Å². The summed E-state index contributed by atoms with van der Waals surface area (Å²) in [4.78, 5) is 31.0. The van der Waals surface area contributed by atoms with Gasteiger partial charge in [-0.25, -0.2) is 0 Å². The number of hydrogen-bond acceptors (Lipinski definition) is 3. The van der Waals surface area contributed by atoms with Crippen molar-refractivity contribution in [2.24, 2.45) is 17.8 Å². The number of amides is 2. The van der Waals surface area contributed by atoms with Crippen LogP contribution in [0.15, 0.2) is 29.2 Å². The summed E-state index contributed by atoms with van der Waals surface area (Å²) in [6, 6.07) is 7.71. The van der Waals surface area contributed by atoms with Gasteiger partial charge in [-0.15, -0.1) is 11.8 Å². The Morgan fingerprint density at radius 2 is 1.90 bits per heavy atom. The van der Waals surface area contributed by atoms with Crippen LogP contribution in [0.5, 0.6) is 0 Å². The predicted molar refractivity (Wildman–Crippen MR) is 124 cm³/mol. The number of likely N-dealkylation sites (tertiary alicyclic amines) is 1. The maximum absolute atomic E-state index is 13.2. The molecule has 1 aliphatic carbocycles. The van der Waals surface area contributed by atoms with Gasteiger partial charge in [-0.3, -0.25) is 9.59 Å². The average molecular weight is 447 g/mol. The highest BCUT2D eigenvalue weighted by Crippen LogP contribution is 2.44. The molecule has 1 saturated carbocycles. The van der Waals surface area contributed by atoms with Crippen LogP contribution in [0.1, 0.15) is 45.1 Å².